The first-order valence-electron chi connectivity index (χ1n) is 5.84. The van der Waals surface area contributed by atoms with Crippen LogP contribution in [0.15, 0.2) is 53.7 Å². The van der Waals surface area contributed by atoms with Crippen molar-refractivity contribution in [1.82, 2.24) is 9.55 Å². The van der Waals surface area contributed by atoms with Crippen LogP contribution in [0.4, 0.5) is 0 Å². The summed E-state index contributed by atoms with van der Waals surface area (Å²) in [6.45, 7) is 0. The molecule has 0 aliphatic rings. The summed E-state index contributed by atoms with van der Waals surface area (Å²) in [7, 11) is 0. The first-order chi connectivity index (χ1) is 9.35. The number of fused-ring (bicyclic) bond motifs is 1. The van der Waals surface area contributed by atoms with Gasteiger partial charge >= 0.3 is 0 Å². The van der Waals surface area contributed by atoms with Crippen molar-refractivity contribution in [3.8, 4) is 11.8 Å². The van der Waals surface area contributed by atoms with Gasteiger partial charge in [0, 0.05) is 4.90 Å². The largest absolute Gasteiger partial charge is 0.297 e. The molecule has 0 fully saturated rings. The summed E-state index contributed by atoms with van der Waals surface area (Å²) in [6.07, 6.45) is 3.75. The lowest BCUT2D eigenvalue weighted by molar-refractivity contribution is 1.07. The average molecular weight is 265 g/mol. The minimum atomic E-state index is 0.693. The van der Waals surface area contributed by atoms with Gasteiger partial charge in [-0.1, -0.05) is 18.2 Å². The zero-order valence-corrected chi connectivity index (χ0v) is 11.2. The maximum atomic E-state index is 9.40. The van der Waals surface area contributed by atoms with Crippen LogP contribution < -0.4 is 0 Å². The van der Waals surface area contributed by atoms with Crippen LogP contribution in [-0.4, -0.2) is 15.8 Å². The molecule has 0 atom stereocenters. The van der Waals surface area contributed by atoms with E-state index in [9.17, 15) is 5.26 Å². The lowest BCUT2D eigenvalue weighted by Crippen LogP contribution is -1.97. The van der Waals surface area contributed by atoms with E-state index >= 15 is 0 Å². The maximum Gasteiger partial charge on any atom is 0.103 e. The number of benzene rings is 2. The minimum Gasteiger partial charge on any atom is -0.297 e. The number of thioether (sulfide) groups is 1. The summed E-state index contributed by atoms with van der Waals surface area (Å²) in [5.41, 5.74) is 3.51. The van der Waals surface area contributed by atoms with Gasteiger partial charge in [-0.3, -0.25) is 4.57 Å². The van der Waals surface area contributed by atoms with Crippen molar-refractivity contribution in [3.05, 3.63) is 54.4 Å². The highest BCUT2D eigenvalue weighted by Gasteiger charge is 2.11. The Bertz CT molecular complexity index is 783. The molecule has 0 spiro atoms. The van der Waals surface area contributed by atoms with E-state index in [2.05, 4.69) is 11.1 Å². The smallest absolute Gasteiger partial charge is 0.103 e. The fourth-order valence-corrected chi connectivity index (χ4v) is 2.72. The molecule has 19 heavy (non-hydrogen) atoms. The third-order valence-corrected chi connectivity index (χ3v) is 3.83. The molecule has 0 bridgehead atoms. The summed E-state index contributed by atoms with van der Waals surface area (Å²) >= 11 is 1.58. The number of para-hydroxylation sites is 2. The number of imidazole rings is 1. The Morgan fingerprint density at radius 2 is 2.00 bits per heavy atom. The topological polar surface area (TPSA) is 41.6 Å². The van der Waals surface area contributed by atoms with E-state index in [1.807, 2.05) is 53.3 Å². The van der Waals surface area contributed by atoms with Crippen LogP contribution in [-0.2, 0) is 0 Å². The van der Waals surface area contributed by atoms with Crippen LogP contribution in [0.3, 0.4) is 0 Å². The highest BCUT2D eigenvalue weighted by molar-refractivity contribution is 7.98. The molecule has 0 N–H and O–H groups in total. The summed E-state index contributed by atoms with van der Waals surface area (Å²) < 4.78 is 1.97. The van der Waals surface area contributed by atoms with Crippen molar-refractivity contribution in [1.29, 1.82) is 5.26 Å². The third-order valence-electron chi connectivity index (χ3n) is 3.05. The molecular formula is C15H11N3S. The molecule has 0 amide bonds. The molecule has 3 nitrogen and oxygen atoms in total. The standard InChI is InChI=1S/C15H11N3S/c1-19-15-8-4-7-13(11(15)9-16)18-10-17-12-5-2-3-6-14(12)18/h2-8,10H,1H3. The molecule has 1 heterocycles. The van der Waals surface area contributed by atoms with E-state index in [-0.39, 0.29) is 0 Å². The van der Waals surface area contributed by atoms with Crippen LogP contribution in [0.25, 0.3) is 16.7 Å². The van der Waals surface area contributed by atoms with Crippen molar-refractivity contribution in [2.75, 3.05) is 6.26 Å². The SMILES string of the molecule is CSc1cccc(-n2cnc3ccccc32)c1C#N. The quantitative estimate of drug-likeness (QED) is 0.664. The summed E-state index contributed by atoms with van der Waals surface area (Å²) in [4.78, 5) is 5.36. The van der Waals surface area contributed by atoms with Gasteiger partial charge in [-0.2, -0.15) is 5.26 Å². The second-order valence-electron chi connectivity index (χ2n) is 4.07. The predicted molar refractivity (Wildman–Crippen MR) is 77.6 cm³/mol. The van der Waals surface area contributed by atoms with Crippen LogP contribution >= 0.6 is 11.8 Å². The Balaban J connectivity index is 2.31. The Morgan fingerprint density at radius 3 is 2.79 bits per heavy atom. The number of rotatable bonds is 2. The highest BCUT2D eigenvalue weighted by atomic mass is 32.2. The molecule has 1 aromatic heterocycles. The molecule has 0 unspecified atom stereocenters. The number of nitriles is 1. The number of hydrogen-bond acceptors (Lipinski definition) is 3. The van der Waals surface area contributed by atoms with E-state index in [1.54, 1.807) is 18.1 Å². The fraction of sp³-hybridized carbons (Fsp3) is 0.0667. The van der Waals surface area contributed by atoms with Crippen LogP contribution in [0.2, 0.25) is 0 Å². The van der Waals surface area contributed by atoms with E-state index in [0.29, 0.717) is 5.56 Å². The minimum absolute atomic E-state index is 0.693. The highest BCUT2D eigenvalue weighted by Crippen LogP contribution is 2.27. The Kier molecular flexibility index (Phi) is 2.98. The Morgan fingerprint density at radius 1 is 1.16 bits per heavy atom. The van der Waals surface area contributed by atoms with Gasteiger partial charge in [0.05, 0.1) is 22.3 Å². The van der Waals surface area contributed by atoms with Crippen molar-refractivity contribution in [2.45, 2.75) is 4.90 Å². The van der Waals surface area contributed by atoms with Gasteiger partial charge in [-0.25, -0.2) is 4.98 Å². The zero-order chi connectivity index (χ0) is 13.2. The van der Waals surface area contributed by atoms with Crippen molar-refractivity contribution < 1.29 is 0 Å². The summed E-state index contributed by atoms with van der Waals surface area (Å²) in [5.74, 6) is 0. The van der Waals surface area contributed by atoms with E-state index in [4.69, 9.17) is 0 Å². The van der Waals surface area contributed by atoms with Crippen molar-refractivity contribution >= 4 is 22.8 Å². The number of nitrogens with zero attached hydrogens (tertiary/aromatic N) is 3. The predicted octanol–water partition coefficient (Wildman–Crippen LogP) is 3.62. The van der Waals surface area contributed by atoms with Gasteiger partial charge in [0.15, 0.2) is 0 Å². The molecule has 3 aromatic rings. The molecule has 0 saturated heterocycles. The average Bonchev–Trinajstić information content (AvgIpc) is 2.90. The first kappa shape index (κ1) is 11.8. The van der Waals surface area contributed by atoms with Gasteiger partial charge in [0.2, 0.25) is 0 Å². The zero-order valence-electron chi connectivity index (χ0n) is 10.4. The molecule has 3 rings (SSSR count). The lowest BCUT2D eigenvalue weighted by atomic mass is 10.2. The second kappa shape index (κ2) is 4.79. The van der Waals surface area contributed by atoms with Crippen molar-refractivity contribution in [2.24, 2.45) is 0 Å². The molecule has 0 aliphatic carbocycles. The molecule has 92 valence electrons. The van der Waals surface area contributed by atoms with Gasteiger partial charge in [-0.05, 0) is 30.5 Å². The second-order valence-corrected chi connectivity index (χ2v) is 4.92. The van der Waals surface area contributed by atoms with Crippen LogP contribution in [0.5, 0.6) is 0 Å². The fourth-order valence-electron chi connectivity index (χ4n) is 2.15. The number of aromatic nitrogens is 2. The Hall–Kier alpha value is -2.25. The molecule has 0 radical (unpaired) electrons. The third kappa shape index (κ3) is 1.88. The molecular weight excluding hydrogens is 254 g/mol. The van der Waals surface area contributed by atoms with E-state index < -0.39 is 0 Å². The van der Waals surface area contributed by atoms with Gasteiger partial charge in [0.1, 0.15) is 12.4 Å². The molecule has 4 heteroatoms. The van der Waals surface area contributed by atoms with E-state index in [0.717, 1.165) is 21.6 Å². The van der Waals surface area contributed by atoms with Crippen LogP contribution in [0.1, 0.15) is 5.56 Å². The Labute approximate surface area is 115 Å². The molecule has 0 aliphatic heterocycles. The van der Waals surface area contributed by atoms with Gasteiger partial charge < -0.3 is 0 Å². The first-order valence-corrected chi connectivity index (χ1v) is 7.07. The monoisotopic (exact) mass is 265 g/mol. The van der Waals surface area contributed by atoms with Crippen molar-refractivity contribution in [3.63, 3.8) is 0 Å². The van der Waals surface area contributed by atoms with Crippen LogP contribution in [0, 0.1) is 11.3 Å². The summed E-state index contributed by atoms with van der Waals surface area (Å²) in [6, 6.07) is 16.1. The van der Waals surface area contributed by atoms with E-state index in [1.165, 1.54) is 0 Å². The lowest BCUT2D eigenvalue weighted by Gasteiger charge is -2.09. The normalized spacial score (nSPS) is 10.5. The van der Waals surface area contributed by atoms with Gasteiger partial charge in [-0.15, -0.1) is 11.8 Å². The molecule has 2 aromatic carbocycles. The van der Waals surface area contributed by atoms with Gasteiger partial charge in [0.25, 0.3) is 0 Å². The summed E-state index contributed by atoms with van der Waals surface area (Å²) in [5, 5.41) is 9.40. The maximum absolute atomic E-state index is 9.40. The number of hydrogen-bond donors (Lipinski definition) is 0. The molecule has 0 saturated carbocycles.